The number of hydrogen-bond donors (Lipinski definition) is 1. The third-order valence-corrected chi connectivity index (χ3v) is 5.35. The van der Waals surface area contributed by atoms with Crippen molar-refractivity contribution in [1.82, 2.24) is 19.5 Å². The van der Waals surface area contributed by atoms with Gasteiger partial charge in [-0.2, -0.15) is 0 Å². The monoisotopic (exact) mass is 365 g/mol. The average molecular weight is 365 g/mol. The van der Waals surface area contributed by atoms with Crippen LogP contribution < -0.4 is 4.72 Å². The maximum atomic E-state index is 12.7. The Morgan fingerprint density at radius 2 is 1.77 bits per heavy atom. The number of anilines is 1. The highest BCUT2D eigenvalue weighted by atomic mass is 32.2. The van der Waals surface area contributed by atoms with Crippen molar-refractivity contribution in [3.63, 3.8) is 0 Å². The zero-order valence-electron chi connectivity index (χ0n) is 13.9. The number of hydrogen-bond acceptors (Lipinski definition) is 5. The molecule has 0 saturated heterocycles. The van der Waals surface area contributed by atoms with Crippen LogP contribution in [-0.2, 0) is 10.0 Å². The third kappa shape index (κ3) is 3.02. The Labute approximate surface area is 150 Å². The van der Waals surface area contributed by atoms with Gasteiger partial charge in [-0.3, -0.25) is 9.29 Å². The van der Waals surface area contributed by atoms with Gasteiger partial charge in [-0.1, -0.05) is 30.3 Å². The van der Waals surface area contributed by atoms with E-state index in [1.807, 2.05) is 31.2 Å². The van der Waals surface area contributed by atoms with Crippen LogP contribution in [0, 0.1) is 6.92 Å². The van der Waals surface area contributed by atoms with Gasteiger partial charge in [0.05, 0.1) is 4.90 Å². The second kappa shape index (κ2) is 6.23. The first-order chi connectivity index (χ1) is 12.5. The van der Waals surface area contributed by atoms with E-state index in [4.69, 9.17) is 0 Å². The highest BCUT2D eigenvalue weighted by Gasteiger charge is 2.16. The molecule has 0 bridgehead atoms. The predicted molar refractivity (Wildman–Crippen MR) is 98.6 cm³/mol. The SMILES string of the molecule is Cc1nccn1-c1cc(NS(=O)(=O)c2ccc3ccccc3c2)ncn1. The Hall–Kier alpha value is -3.26. The molecule has 2 heterocycles. The average Bonchev–Trinajstić information content (AvgIpc) is 3.07. The highest BCUT2D eigenvalue weighted by Crippen LogP contribution is 2.21. The number of rotatable bonds is 4. The fraction of sp³-hybridized carbons (Fsp3) is 0.0556. The molecule has 8 heteroatoms. The van der Waals surface area contributed by atoms with E-state index in [9.17, 15) is 8.42 Å². The lowest BCUT2D eigenvalue weighted by molar-refractivity contribution is 0.601. The summed E-state index contributed by atoms with van der Waals surface area (Å²) in [6, 6.07) is 14.2. The summed E-state index contributed by atoms with van der Waals surface area (Å²) < 4.78 is 29.7. The summed E-state index contributed by atoms with van der Waals surface area (Å²) in [5.41, 5.74) is 0. The Balaban J connectivity index is 1.68. The molecule has 26 heavy (non-hydrogen) atoms. The zero-order valence-corrected chi connectivity index (χ0v) is 14.7. The lowest BCUT2D eigenvalue weighted by Gasteiger charge is -2.10. The van der Waals surface area contributed by atoms with Gasteiger partial charge in [0.2, 0.25) is 0 Å². The zero-order chi connectivity index (χ0) is 18.1. The number of fused-ring (bicyclic) bond motifs is 1. The van der Waals surface area contributed by atoms with E-state index in [1.165, 1.54) is 6.33 Å². The largest absolute Gasteiger partial charge is 0.288 e. The van der Waals surface area contributed by atoms with Crippen molar-refractivity contribution in [2.24, 2.45) is 0 Å². The highest BCUT2D eigenvalue weighted by molar-refractivity contribution is 7.92. The topological polar surface area (TPSA) is 89.8 Å². The second-order valence-corrected chi connectivity index (χ2v) is 7.40. The number of aryl methyl sites for hydroxylation is 1. The van der Waals surface area contributed by atoms with Gasteiger partial charge < -0.3 is 0 Å². The molecule has 4 rings (SSSR count). The van der Waals surface area contributed by atoms with Crippen molar-refractivity contribution in [3.05, 3.63) is 73.1 Å². The van der Waals surface area contributed by atoms with Gasteiger partial charge in [-0.15, -0.1) is 0 Å². The summed E-state index contributed by atoms with van der Waals surface area (Å²) >= 11 is 0. The molecule has 2 aromatic heterocycles. The maximum Gasteiger partial charge on any atom is 0.263 e. The van der Waals surface area contributed by atoms with Gasteiger partial charge in [-0.05, 0) is 29.8 Å². The van der Waals surface area contributed by atoms with E-state index < -0.39 is 10.0 Å². The Morgan fingerprint density at radius 1 is 0.962 bits per heavy atom. The van der Waals surface area contributed by atoms with Crippen LogP contribution in [0.3, 0.4) is 0 Å². The van der Waals surface area contributed by atoms with Crippen LogP contribution in [0.1, 0.15) is 5.82 Å². The molecule has 0 unspecified atom stereocenters. The summed E-state index contributed by atoms with van der Waals surface area (Å²) in [4.78, 5) is 12.5. The molecule has 0 aliphatic carbocycles. The van der Waals surface area contributed by atoms with Gasteiger partial charge in [0.1, 0.15) is 23.8 Å². The van der Waals surface area contributed by atoms with E-state index in [1.54, 1.807) is 41.2 Å². The number of benzene rings is 2. The molecule has 0 atom stereocenters. The minimum atomic E-state index is -3.77. The molecular formula is C18H15N5O2S. The minimum Gasteiger partial charge on any atom is -0.288 e. The first kappa shape index (κ1) is 16.2. The van der Waals surface area contributed by atoms with Crippen molar-refractivity contribution in [2.45, 2.75) is 11.8 Å². The van der Waals surface area contributed by atoms with Crippen molar-refractivity contribution < 1.29 is 8.42 Å². The summed E-state index contributed by atoms with van der Waals surface area (Å²) in [5, 5.41) is 1.83. The molecule has 4 aromatic rings. The van der Waals surface area contributed by atoms with Gasteiger partial charge in [0.15, 0.2) is 0 Å². The van der Waals surface area contributed by atoms with Crippen LogP contribution in [0.4, 0.5) is 5.82 Å². The van der Waals surface area contributed by atoms with E-state index in [0.717, 1.165) is 16.6 Å². The Kier molecular flexibility index (Phi) is 3.89. The first-order valence-electron chi connectivity index (χ1n) is 7.87. The van der Waals surface area contributed by atoms with Gasteiger partial charge in [0.25, 0.3) is 10.0 Å². The lowest BCUT2D eigenvalue weighted by Crippen LogP contribution is -2.14. The molecule has 0 aliphatic heterocycles. The lowest BCUT2D eigenvalue weighted by atomic mass is 10.1. The van der Waals surface area contributed by atoms with Crippen molar-refractivity contribution in [3.8, 4) is 5.82 Å². The number of aromatic nitrogens is 4. The normalized spacial score (nSPS) is 11.6. The smallest absolute Gasteiger partial charge is 0.263 e. The molecule has 0 aliphatic rings. The van der Waals surface area contributed by atoms with Crippen LogP contribution in [-0.4, -0.2) is 27.9 Å². The standard InChI is InChI=1S/C18H15N5O2S/c1-13-19-8-9-23(13)18-11-17(20-12-21-18)22-26(24,25)16-7-6-14-4-2-3-5-15(14)10-16/h2-12H,1H3,(H,20,21,22). The van der Waals surface area contributed by atoms with E-state index in [0.29, 0.717) is 5.82 Å². The van der Waals surface area contributed by atoms with Crippen LogP contribution >= 0.6 is 0 Å². The van der Waals surface area contributed by atoms with E-state index >= 15 is 0 Å². The number of nitrogens with one attached hydrogen (secondary N) is 1. The summed E-state index contributed by atoms with van der Waals surface area (Å²) in [6.45, 7) is 1.83. The molecular weight excluding hydrogens is 350 g/mol. The fourth-order valence-electron chi connectivity index (χ4n) is 2.69. The maximum absolute atomic E-state index is 12.7. The molecule has 0 saturated carbocycles. The number of sulfonamides is 1. The molecule has 2 aromatic carbocycles. The molecule has 0 radical (unpaired) electrons. The second-order valence-electron chi connectivity index (χ2n) is 5.72. The molecule has 130 valence electrons. The molecule has 0 fully saturated rings. The van der Waals surface area contributed by atoms with Gasteiger partial charge in [0, 0.05) is 18.5 Å². The minimum absolute atomic E-state index is 0.176. The number of nitrogens with zero attached hydrogens (tertiary/aromatic N) is 4. The Morgan fingerprint density at radius 3 is 2.54 bits per heavy atom. The van der Waals surface area contributed by atoms with Crippen LogP contribution in [0.5, 0.6) is 0 Å². The molecule has 1 N–H and O–H groups in total. The molecule has 0 spiro atoms. The first-order valence-corrected chi connectivity index (χ1v) is 9.35. The van der Waals surface area contributed by atoms with Gasteiger partial charge in [-0.25, -0.2) is 23.4 Å². The Bertz CT molecular complexity index is 1200. The van der Waals surface area contributed by atoms with Crippen LogP contribution in [0.25, 0.3) is 16.6 Å². The summed E-state index contributed by atoms with van der Waals surface area (Å²) in [5.74, 6) is 1.47. The third-order valence-electron chi connectivity index (χ3n) is 4.00. The molecule has 7 nitrogen and oxygen atoms in total. The summed E-state index contributed by atoms with van der Waals surface area (Å²) in [7, 11) is -3.77. The fourth-order valence-corrected chi connectivity index (χ4v) is 3.72. The van der Waals surface area contributed by atoms with E-state index in [-0.39, 0.29) is 10.7 Å². The van der Waals surface area contributed by atoms with E-state index in [2.05, 4.69) is 19.7 Å². The molecule has 0 amide bonds. The number of imidazole rings is 1. The quantitative estimate of drug-likeness (QED) is 0.600. The van der Waals surface area contributed by atoms with Crippen molar-refractivity contribution >= 4 is 26.6 Å². The van der Waals surface area contributed by atoms with Gasteiger partial charge >= 0.3 is 0 Å². The van der Waals surface area contributed by atoms with Crippen molar-refractivity contribution in [2.75, 3.05) is 4.72 Å². The van der Waals surface area contributed by atoms with Crippen LogP contribution in [0.15, 0.2) is 72.1 Å². The van der Waals surface area contributed by atoms with Crippen molar-refractivity contribution in [1.29, 1.82) is 0 Å². The van der Waals surface area contributed by atoms with Crippen LogP contribution in [0.2, 0.25) is 0 Å². The predicted octanol–water partition coefficient (Wildman–Crippen LogP) is 2.92. The summed E-state index contributed by atoms with van der Waals surface area (Å²) in [6.07, 6.45) is 4.71.